The summed E-state index contributed by atoms with van der Waals surface area (Å²) in [6.45, 7) is 3.42. The fourth-order valence-corrected chi connectivity index (χ4v) is 5.47. The first-order valence-electron chi connectivity index (χ1n) is 12.3. The van der Waals surface area contributed by atoms with E-state index in [1.807, 2.05) is 0 Å². The summed E-state index contributed by atoms with van der Waals surface area (Å²) in [6, 6.07) is 17.5. The zero-order valence-corrected chi connectivity index (χ0v) is 18.9. The van der Waals surface area contributed by atoms with Gasteiger partial charge in [0.25, 0.3) is 0 Å². The number of ether oxygens (including phenoxy) is 1. The van der Waals surface area contributed by atoms with Crippen molar-refractivity contribution >= 4 is 23.7 Å². The first kappa shape index (κ1) is 21.2. The molecule has 2 aromatic rings. The Morgan fingerprint density at radius 1 is 0.844 bits per heavy atom. The van der Waals surface area contributed by atoms with Gasteiger partial charge in [-0.2, -0.15) is 0 Å². The van der Waals surface area contributed by atoms with E-state index in [2.05, 4.69) is 65.6 Å². The van der Waals surface area contributed by atoms with Crippen molar-refractivity contribution in [3.8, 4) is 0 Å². The van der Waals surface area contributed by atoms with Crippen molar-refractivity contribution in [2.45, 2.75) is 44.9 Å². The van der Waals surface area contributed by atoms with Crippen LogP contribution in [0, 0.1) is 5.92 Å². The lowest BCUT2D eigenvalue weighted by molar-refractivity contribution is -0.150. The van der Waals surface area contributed by atoms with Gasteiger partial charge in [0.15, 0.2) is 0 Å². The summed E-state index contributed by atoms with van der Waals surface area (Å²) in [5.41, 5.74) is 8.25. The van der Waals surface area contributed by atoms with Crippen molar-refractivity contribution in [1.29, 1.82) is 0 Å². The molecule has 0 atom stereocenters. The molecule has 2 fully saturated rings. The lowest BCUT2D eigenvalue weighted by atomic mass is 9.86. The van der Waals surface area contributed by atoms with Crippen molar-refractivity contribution in [3.05, 3.63) is 76.4 Å². The van der Waals surface area contributed by atoms with Gasteiger partial charge in [-0.15, -0.1) is 0 Å². The number of fused-ring (bicyclic) bond motifs is 2. The van der Waals surface area contributed by atoms with E-state index in [-0.39, 0.29) is 11.9 Å². The van der Waals surface area contributed by atoms with Gasteiger partial charge in [0.05, 0.1) is 5.92 Å². The van der Waals surface area contributed by atoms with E-state index in [4.69, 9.17) is 4.74 Å². The highest BCUT2D eigenvalue weighted by molar-refractivity contribution is 5.94. The number of nitrogens with zero attached hydrogens (tertiary/aromatic N) is 1. The number of rotatable bonds is 4. The molecule has 2 aromatic carbocycles. The minimum absolute atomic E-state index is 0.0312. The van der Waals surface area contributed by atoms with Gasteiger partial charge in [-0.05, 0) is 53.5 Å². The maximum Gasteiger partial charge on any atom is 0.308 e. The number of carbonyl (C=O) groups excluding carboxylic acids is 1. The van der Waals surface area contributed by atoms with Gasteiger partial charge in [-0.1, -0.05) is 85.5 Å². The molecule has 0 N–H and O–H groups in total. The van der Waals surface area contributed by atoms with Crippen molar-refractivity contribution in [2.75, 3.05) is 26.2 Å². The van der Waals surface area contributed by atoms with Crippen LogP contribution in [-0.2, 0) is 9.53 Å². The molecule has 0 bridgehead atoms. The normalized spacial score (nSPS) is 19.2. The summed E-state index contributed by atoms with van der Waals surface area (Å²) in [4.78, 5) is 14.8. The monoisotopic (exact) mass is 427 g/mol. The topological polar surface area (TPSA) is 29.5 Å². The van der Waals surface area contributed by atoms with Crippen LogP contribution >= 0.6 is 0 Å². The molecule has 3 aliphatic rings. The summed E-state index contributed by atoms with van der Waals surface area (Å²) < 4.78 is 5.64. The van der Waals surface area contributed by atoms with Crippen molar-refractivity contribution in [2.24, 2.45) is 5.92 Å². The van der Waals surface area contributed by atoms with Gasteiger partial charge < -0.3 is 4.74 Å². The highest BCUT2D eigenvalue weighted by Crippen LogP contribution is 2.38. The van der Waals surface area contributed by atoms with Crippen LogP contribution in [0.15, 0.2) is 54.1 Å². The molecular weight excluding hydrogens is 394 g/mol. The zero-order valence-electron chi connectivity index (χ0n) is 18.9. The third-order valence-corrected chi connectivity index (χ3v) is 7.31. The molecule has 5 rings (SSSR count). The molecule has 0 unspecified atom stereocenters. The summed E-state index contributed by atoms with van der Waals surface area (Å²) in [6.07, 6.45) is 12.3. The van der Waals surface area contributed by atoms with Crippen LogP contribution in [0.25, 0.3) is 17.7 Å². The fraction of sp³-hybridized carbons (Fsp3) is 0.414. The molecule has 0 spiro atoms. The Morgan fingerprint density at radius 3 is 2.06 bits per heavy atom. The van der Waals surface area contributed by atoms with Crippen molar-refractivity contribution < 1.29 is 9.53 Å². The van der Waals surface area contributed by atoms with Crippen LogP contribution in [0.2, 0.25) is 0 Å². The lowest BCUT2D eigenvalue weighted by Crippen LogP contribution is -2.35. The second-order valence-corrected chi connectivity index (χ2v) is 9.33. The van der Waals surface area contributed by atoms with E-state index < -0.39 is 0 Å². The average Bonchev–Trinajstić information content (AvgIpc) is 3.02. The molecule has 0 radical (unpaired) electrons. The van der Waals surface area contributed by atoms with Gasteiger partial charge >= 0.3 is 5.97 Å². The fourth-order valence-electron chi connectivity index (χ4n) is 5.47. The maximum absolute atomic E-state index is 12.3. The van der Waals surface area contributed by atoms with E-state index in [0.29, 0.717) is 6.61 Å². The van der Waals surface area contributed by atoms with E-state index in [9.17, 15) is 4.79 Å². The lowest BCUT2D eigenvalue weighted by Gasteiger charge is -2.30. The standard InChI is InChI=1S/C29H33NO2/c31-29(25-10-2-1-3-11-25)32-21-20-30-18-16-24(17-19-30)28-26-12-6-4-8-22(26)14-15-23-9-5-7-13-27(23)28/h4-9,12-15,25H,1-3,10-11,16-21H2. The van der Waals surface area contributed by atoms with Crippen LogP contribution < -0.4 is 0 Å². The van der Waals surface area contributed by atoms with E-state index in [1.54, 1.807) is 5.57 Å². The minimum atomic E-state index is 0.0312. The Bertz CT molecular complexity index is 967. The number of hydrogen-bond donors (Lipinski definition) is 0. The molecule has 0 aromatic heterocycles. The Hall–Kier alpha value is -2.65. The number of hydrogen-bond acceptors (Lipinski definition) is 3. The molecule has 1 aliphatic heterocycles. The van der Waals surface area contributed by atoms with Gasteiger partial charge in [-0.25, -0.2) is 0 Å². The minimum Gasteiger partial charge on any atom is -0.464 e. The van der Waals surface area contributed by atoms with Crippen LogP contribution in [0.1, 0.15) is 67.2 Å². The van der Waals surface area contributed by atoms with E-state index in [1.165, 1.54) is 47.1 Å². The molecule has 32 heavy (non-hydrogen) atoms. The van der Waals surface area contributed by atoms with E-state index >= 15 is 0 Å². The van der Waals surface area contributed by atoms with Crippen molar-refractivity contribution in [3.63, 3.8) is 0 Å². The van der Waals surface area contributed by atoms with Gasteiger partial charge in [-0.3, -0.25) is 9.69 Å². The highest BCUT2D eigenvalue weighted by Gasteiger charge is 2.24. The van der Waals surface area contributed by atoms with Crippen molar-refractivity contribution in [1.82, 2.24) is 4.90 Å². The largest absolute Gasteiger partial charge is 0.464 e. The summed E-state index contributed by atoms with van der Waals surface area (Å²) in [7, 11) is 0. The molecule has 2 aliphatic carbocycles. The smallest absolute Gasteiger partial charge is 0.308 e. The predicted octanol–water partition coefficient (Wildman–Crippen LogP) is 6.19. The molecule has 1 saturated carbocycles. The van der Waals surface area contributed by atoms with Crippen LogP contribution in [0.5, 0.6) is 0 Å². The number of carbonyl (C=O) groups is 1. The molecule has 3 heteroatoms. The first-order chi connectivity index (χ1) is 15.8. The Kier molecular flexibility index (Phi) is 6.54. The third-order valence-electron chi connectivity index (χ3n) is 7.31. The quantitative estimate of drug-likeness (QED) is 0.465. The Morgan fingerprint density at radius 2 is 1.44 bits per heavy atom. The number of esters is 1. The summed E-state index contributed by atoms with van der Waals surface area (Å²) in [5.74, 6) is 0.175. The van der Waals surface area contributed by atoms with Crippen LogP contribution in [0.3, 0.4) is 0 Å². The Labute approximate surface area is 191 Å². The highest BCUT2D eigenvalue weighted by atomic mass is 16.5. The summed E-state index contributed by atoms with van der Waals surface area (Å²) in [5, 5.41) is 0. The molecule has 1 saturated heterocycles. The number of likely N-dealkylation sites (tertiary alicyclic amines) is 1. The van der Waals surface area contributed by atoms with E-state index in [0.717, 1.165) is 45.3 Å². The van der Waals surface area contributed by atoms with Gasteiger partial charge in [0.2, 0.25) is 0 Å². The predicted molar refractivity (Wildman–Crippen MR) is 131 cm³/mol. The van der Waals surface area contributed by atoms with Gasteiger partial charge in [0.1, 0.15) is 6.61 Å². The first-order valence-corrected chi connectivity index (χ1v) is 12.3. The molecule has 166 valence electrons. The third kappa shape index (κ3) is 4.59. The number of benzene rings is 2. The molecule has 3 nitrogen and oxygen atoms in total. The second-order valence-electron chi connectivity index (χ2n) is 9.33. The molecule has 0 amide bonds. The average molecular weight is 428 g/mol. The molecular formula is C29H33NO2. The van der Waals surface area contributed by atoms with Crippen LogP contribution in [0.4, 0.5) is 0 Å². The van der Waals surface area contributed by atoms with Crippen LogP contribution in [-0.4, -0.2) is 37.1 Å². The number of piperidine rings is 1. The summed E-state index contributed by atoms with van der Waals surface area (Å²) >= 11 is 0. The maximum atomic E-state index is 12.3. The SMILES string of the molecule is O=C(OCCN1CCC(=C2c3ccccc3C=Cc3ccccc32)CC1)C1CCCCC1. The van der Waals surface area contributed by atoms with Gasteiger partial charge in [0, 0.05) is 19.6 Å². The Balaban J connectivity index is 1.26. The zero-order chi connectivity index (χ0) is 21.8. The second kappa shape index (κ2) is 9.87. The molecule has 1 heterocycles.